The molecule has 13 heavy (non-hydrogen) atoms. The average molecular weight is 179 g/mol. The molecule has 1 aromatic carbocycles. The van der Waals surface area contributed by atoms with Crippen molar-refractivity contribution >= 4 is 12.3 Å². The maximum atomic E-state index is 10.5. The van der Waals surface area contributed by atoms with Gasteiger partial charge in [0.25, 0.3) is 0 Å². The number of carbonyl (C=O) groups excluding carboxylic acids is 1. The quantitative estimate of drug-likeness (QED) is 0.665. The zero-order chi connectivity index (χ0) is 9.84. The Morgan fingerprint density at radius 2 is 1.92 bits per heavy atom. The lowest BCUT2D eigenvalue weighted by Crippen LogP contribution is -2.20. The van der Waals surface area contributed by atoms with Crippen LogP contribution in [0.4, 0.5) is 0 Å². The van der Waals surface area contributed by atoms with Gasteiger partial charge in [-0.2, -0.15) is 0 Å². The van der Waals surface area contributed by atoms with Gasteiger partial charge in [0.15, 0.2) is 0 Å². The van der Waals surface area contributed by atoms with E-state index in [0.29, 0.717) is 17.4 Å². The Kier molecular flexibility index (Phi) is 2.76. The lowest BCUT2D eigenvalue weighted by molar-refractivity contribution is -0.138. The van der Waals surface area contributed by atoms with Crippen LogP contribution in [0.25, 0.3) is 0 Å². The molecule has 0 aliphatic rings. The summed E-state index contributed by atoms with van der Waals surface area (Å²) in [5.74, 6) is -1.08. The highest BCUT2D eigenvalue weighted by molar-refractivity contribution is 5.77. The summed E-state index contributed by atoms with van der Waals surface area (Å²) >= 11 is 0. The minimum Gasteiger partial charge on any atom is -0.480 e. The lowest BCUT2D eigenvalue weighted by atomic mass is 10.1. The standard InChI is InChI=1S/C9H9NO3/c10-8(9(12)13)7-3-1-6(5-11)2-4-7/h1-5,8H,10H2,(H,12,13). The van der Waals surface area contributed by atoms with Gasteiger partial charge in [-0.15, -0.1) is 0 Å². The van der Waals surface area contributed by atoms with Gasteiger partial charge >= 0.3 is 5.97 Å². The van der Waals surface area contributed by atoms with Crippen molar-refractivity contribution in [1.82, 2.24) is 0 Å². The van der Waals surface area contributed by atoms with E-state index < -0.39 is 12.0 Å². The molecule has 0 radical (unpaired) electrons. The molecule has 0 aromatic heterocycles. The van der Waals surface area contributed by atoms with E-state index in [1.807, 2.05) is 0 Å². The maximum Gasteiger partial charge on any atom is 0.325 e. The van der Waals surface area contributed by atoms with Gasteiger partial charge < -0.3 is 10.8 Å². The van der Waals surface area contributed by atoms with E-state index in [4.69, 9.17) is 10.8 Å². The zero-order valence-corrected chi connectivity index (χ0v) is 6.81. The second kappa shape index (κ2) is 3.82. The maximum absolute atomic E-state index is 10.5. The monoisotopic (exact) mass is 179 g/mol. The van der Waals surface area contributed by atoms with E-state index in [1.165, 1.54) is 24.3 Å². The second-order valence-corrected chi connectivity index (χ2v) is 2.60. The molecule has 1 rings (SSSR count). The Bertz CT molecular complexity index is 318. The Morgan fingerprint density at radius 3 is 2.31 bits per heavy atom. The van der Waals surface area contributed by atoms with Gasteiger partial charge in [0.1, 0.15) is 12.3 Å². The Labute approximate surface area is 75.0 Å². The van der Waals surface area contributed by atoms with E-state index >= 15 is 0 Å². The van der Waals surface area contributed by atoms with Crippen LogP contribution in [0, 0.1) is 0 Å². The predicted molar refractivity (Wildman–Crippen MR) is 46.4 cm³/mol. The first-order valence-electron chi connectivity index (χ1n) is 3.68. The summed E-state index contributed by atoms with van der Waals surface area (Å²) in [6.07, 6.45) is 0.691. The van der Waals surface area contributed by atoms with Gasteiger partial charge in [0.05, 0.1) is 0 Å². The summed E-state index contributed by atoms with van der Waals surface area (Å²) in [6.45, 7) is 0. The summed E-state index contributed by atoms with van der Waals surface area (Å²) in [5, 5.41) is 8.57. The smallest absolute Gasteiger partial charge is 0.325 e. The molecule has 1 atom stereocenters. The zero-order valence-electron chi connectivity index (χ0n) is 6.81. The Hall–Kier alpha value is -1.68. The molecule has 0 aliphatic carbocycles. The third kappa shape index (κ3) is 2.13. The molecule has 1 aromatic rings. The van der Waals surface area contributed by atoms with Crippen molar-refractivity contribution in [3.63, 3.8) is 0 Å². The summed E-state index contributed by atoms with van der Waals surface area (Å²) in [6, 6.07) is 5.10. The van der Waals surface area contributed by atoms with Gasteiger partial charge in [0, 0.05) is 5.56 Å². The molecule has 0 heterocycles. The molecule has 4 nitrogen and oxygen atoms in total. The number of carbonyl (C=O) groups is 2. The molecule has 0 saturated heterocycles. The molecule has 0 spiro atoms. The normalized spacial score (nSPS) is 12.1. The first-order chi connectivity index (χ1) is 6.15. The highest BCUT2D eigenvalue weighted by atomic mass is 16.4. The van der Waals surface area contributed by atoms with Crippen LogP contribution in [0.3, 0.4) is 0 Å². The average Bonchev–Trinajstić information content (AvgIpc) is 2.17. The summed E-state index contributed by atoms with van der Waals surface area (Å²) in [5.41, 5.74) is 6.33. The van der Waals surface area contributed by atoms with Gasteiger partial charge in [-0.05, 0) is 5.56 Å². The van der Waals surface area contributed by atoms with Crippen molar-refractivity contribution < 1.29 is 14.7 Å². The van der Waals surface area contributed by atoms with Gasteiger partial charge in [-0.25, -0.2) is 0 Å². The number of hydrogen-bond acceptors (Lipinski definition) is 3. The molecule has 0 amide bonds. The molecule has 1 unspecified atom stereocenters. The largest absolute Gasteiger partial charge is 0.480 e. The first kappa shape index (κ1) is 9.41. The molecule has 0 bridgehead atoms. The summed E-state index contributed by atoms with van der Waals surface area (Å²) in [4.78, 5) is 20.7. The number of nitrogens with two attached hydrogens (primary N) is 1. The van der Waals surface area contributed by atoms with Crippen LogP contribution in [0.5, 0.6) is 0 Å². The SMILES string of the molecule is NC(C(=O)O)c1ccc(C=O)cc1. The molecular formula is C9H9NO3. The third-order valence-electron chi connectivity index (χ3n) is 1.70. The van der Waals surface area contributed by atoms with Crippen LogP contribution in [-0.4, -0.2) is 17.4 Å². The third-order valence-corrected chi connectivity index (χ3v) is 1.70. The highest BCUT2D eigenvalue weighted by Crippen LogP contribution is 2.10. The van der Waals surface area contributed by atoms with Crippen LogP contribution < -0.4 is 5.73 Å². The van der Waals surface area contributed by atoms with E-state index in [0.717, 1.165) is 0 Å². The van der Waals surface area contributed by atoms with E-state index in [2.05, 4.69) is 0 Å². The van der Waals surface area contributed by atoms with Crippen LogP contribution in [-0.2, 0) is 4.79 Å². The number of hydrogen-bond donors (Lipinski definition) is 2. The van der Waals surface area contributed by atoms with Crippen molar-refractivity contribution in [2.45, 2.75) is 6.04 Å². The number of aliphatic carboxylic acids is 1. The minimum atomic E-state index is -1.08. The van der Waals surface area contributed by atoms with E-state index in [-0.39, 0.29) is 0 Å². The number of aldehydes is 1. The van der Waals surface area contributed by atoms with Crippen LogP contribution in [0.15, 0.2) is 24.3 Å². The van der Waals surface area contributed by atoms with Crippen LogP contribution >= 0.6 is 0 Å². The summed E-state index contributed by atoms with van der Waals surface area (Å²) < 4.78 is 0. The second-order valence-electron chi connectivity index (χ2n) is 2.60. The fourth-order valence-corrected chi connectivity index (χ4v) is 0.924. The van der Waals surface area contributed by atoms with Crippen molar-refractivity contribution in [1.29, 1.82) is 0 Å². The molecule has 0 fully saturated rings. The number of rotatable bonds is 3. The minimum absolute atomic E-state index is 0.484. The number of carboxylic acids is 1. The molecule has 0 aliphatic heterocycles. The molecule has 0 saturated carbocycles. The van der Waals surface area contributed by atoms with Crippen LogP contribution in [0.1, 0.15) is 22.0 Å². The summed E-state index contributed by atoms with van der Waals surface area (Å²) in [7, 11) is 0. The van der Waals surface area contributed by atoms with E-state index in [1.54, 1.807) is 0 Å². The van der Waals surface area contributed by atoms with Gasteiger partial charge in [-0.1, -0.05) is 24.3 Å². The van der Waals surface area contributed by atoms with Crippen molar-refractivity contribution in [2.75, 3.05) is 0 Å². The van der Waals surface area contributed by atoms with Crippen molar-refractivity contribution in [2.24, 2.45) is 5.73 Å². The topological polar surface area (TPSA) is 80.4 Å². The van der Waals surface area contributed by atoms with E-state index in [9.17, 15) is 9.59 Å². The Morgan fingerprint density at radius 1 is 1.38 bits per heavy atom. The Balaban J connectivity index is 2.91. The highest BCUT2D eigenvalue weighted by Gasteiger charge is 2.13. The predicted octanol–water partition coefficient (Wildman–Crippen LogP) is 0.584. The first-order valence-corrected chi connectivity index (χ1v) is 3.68. The number of carboxylic acid groups (broad SMARTS) is 1. The molecule has 68 valence electrons. The molecule has 4 heteroatoms. The lowest BCUT2D eigenvalue weighted by Gasteiger charge is -2.05. The molecular weight excluding hydrogens is 170 g/mol. The fourth-order valence-electron chi connectivity index (χ4n) is 0.924. The molecule has 3 N–H and O–H groups in total. The van der Waals surface area contributed by atoms with Crippen molar-refractivity contribution in [3.05, 3.63) is 35.4 Å². The van der Waals surface area contributed by atoms with Gasteiger partial charge in [0.2, 0.25) is 0 Å². The van der Waals surface area contributed by atoms with Gasteiger partial charge in [-0.3, -0.25) is 9.59 Å². The van der Waals surface area contributed by atoms with Crippen LogP contribution in [0.2, 0.25) is 0 Å². The van der Waals surface area contributed by atoms with Crippen molar-refractivity contribution in [3.8, 4) is 0 Å². The number of benzene rings is 1. The fraction of sp³-hybridized carbons (Fsp3) is 0.111.